The van der Waals surface area contributed by atoms with Gasteiger partial charge < -0.3 is 14.3 Å². The third-order valence-corrected chi connectivity index (χ3v) is 4.33. The molecule has 0 radical (unpaired) electrons. The Bertz CT molecular complexity index is 728. The SMILES string of the molecule is CCC1=CC(=C2ONCC2c2ccc(OC)cc2)C(=O)C=C1OC. The molecular formula is C19H21NO4. The van der Waals surface area contributed by atoms with E-state index in [9.17, 15) is 4.79 Å². The number of ketones is 1. The van der Waals surface area contributed by atoms with Crippen molar-refractivity contribution in [3.8, 4) is 5.75 Å². The van der Waals surface area contributed by atoms with Crippen molar-refractivity contribution in [1.29, 1.82) is 0 Å². The molecule has 24 heavy (non-hydrogen) atoms. The van der Waals surface area contributed by atoms with E-state index < -0.39 is 0 Å². The fourth-order valence-electron chi connectivity index (χ4n) is 2.98. The van der Waals surface area contributed by atoms with Gasteiger partial charge in [-0.15, -0.1) is 0 Å². The number of ether oxygens (including phenoxy) is 2. The van der Waals surface area contributed by atoms with Gasteiger partial charge in [0.25, 0.3) is 0 Å². The molecular weight excluding hydrogens is 306 g/mol. The quantitative estimate of drug-likeness (QED) is 0.862. The van der Waals surface area contributed by atoms with E-state index in [1.807, 2.05) is 37.3 Å². The van der Waals surface area contributed by atoms with E-state index in [4.69, 9.17) is 14.3 Å². The number of carbonyl (C=O) groups excluding carboxylic acids is 1. The Hall–Kier alpha value is -2.53. The molecule has 0 spiro atoms. The summed E-state index contributed by atoms with van der Waals surface area (Å²) in [6, 6.07) is 7.81. The molecule has 1 unspecified atom stereocenters. The Morgan fingerprint density at radius 2 is 1.92 bits per heavy atom. The minimum atomic E-state index is -0.0961. The van der Waals surface area contributed by atoms with Gasteiger partial charge in [0.2, 0.25) is 0 Å². The van der Waals surface area contributed by atoms with Crippen molar-refractivity contribution >= 4 is 5.78 Å². The van der Waals surface area contributed by atoms with Gasteiger partial charge in [-0.1, -0.05) is 19.1 Å². The van der Waals surface area contributed by atoms with Gasteiger partial charge in [0.05, 0.1) is 25.7 Å². The molecule has 0 bridgehead atoms. The Labute approximate surface area is 141 Å². The van der Waals surface area contributed by atoms with E-state index in [0.29, 0.717) is 23.6 Å². The maximum atomic E-state index is 12.5. The lowest BCUT2D eigenvalue weighted by molar-refractivity contribution is -0.111. The second kappa shape index (κ2) is 6.93. The summed E-state index contributed by atoms with van der Waals surface area (Å²) < 4.78 is 10.5. The molecule has 1 aromatic carbocycles. The molecule has 1 heterocycles. The number of benzene rings is 1. The molecule has 126 valence electrons. The third kappa shape index (κ3) is 2.95. The summed E-state index contributed by atoms with van der Waals surface area (Å²) >= 11 is 0. The molecule has 3 rings (SSSR count). The number of allylic oxidation sites excluding steroid dienone is 4. The van der Waals surface area contributed by atoms with Crippen molar-refractivity contribution in [1.82, 2.24) is 5.48 Å². The second-order valence-corrected chi connectivity index (χ2v) is 5.65. The molecule has 1 N–H and O–H groups in total. The zero-order valence-corrected chi connectivity index (χ0v) is 14.1. The second-order valence-electron chi connectivity index (χ2n) is 5.65. The molecule has 1 aromatic rings. The van der Waals surface area contributed by atoms with E-state index in [1.165, 1.54) is 6.08 Å². The Kier molecular flexibility index (Phi) is 4.71. The lowest BCUT2D eigenvalue weighted by Crippen LogP contribution is -2.12. The zero-order valence-electron chi connectivity index (χ0n) is 14.1. The van der Waals surface area contributed by atoms with Crippen LogP contribution in [0.1, 0.15) is 24.8 Å². The van der Waals surface area contributed by atoms with Crippen LogP contribution in [-0.4, -0.2) is 26.5 Å². The average Bonchev–Trinajstić information content (AvgIpc) is 3.10. The number of carbonyl (C=O) groups is 1. The molecule has 1 aliphatic heterocycles. The molecule has 1 fully saturated rings. The molecule has 1 atom stereocenters. The standard InChI is InChI=1S/C19H21NO4/c1-4-12-9-15(17(21)10-18(12)23-3)19-16(11-20-24-19)13-5-7-14(22-2)8-6-13/h5-10,16,20H,4,11H2,1-3H3. The van der Waals surface area contributed by atoms with Crippen LogP contribution < -0.4 is 10.2 Å². The summed E-state index contributed by atoms with van der Waals surface area (Å²) in [4.78, 5) is 18.1. The van der Waals surface area contributed by atoms with Crippen molar-refractivity contribution in [2.24, 2.45) is 0 Å². The van der Waals surface area contributed by atoms with Crippen LogP contribution >= 0.6 is 0 Å². The van der Waals surface area contributed by atoms with Crippen LogP contribution in [0.15, 0.2) is 59.1 Å². The lowest BCUT2D eigenvalue weighted by Gasteiger charge is -2.18. The highest BCUT2D eigenvalue weighted by molar-refractivity contribution is 6.08. The summed E-state index contributed by atoms with van der Waals surface area (Å²) in [5, 5.41) is 0. The highest BCUT2D eigenvalue weighted by Gasteiger charge is 2.31. The van der Waals surface area contributed by atoms with Crippen LogP contribution in [0.25, 0.3) is 0 Å². The maximum absolute atomic E-state index is 12.5. The fourth-order valence-corrected chi connectivity index (χ4v) is 2.98. The first-order valence-electron chi connectivity index (χ1n) is 7.96. The zero-order chi connectivity index (χ0) is 17.1. The minimum absolute atomic E-state index is 0.0123. The average molecular weight is 327 g/mol. The summed E-state index contributed by atoms with van der Waals surface area (Å²) in [6.45, 7) is 2.65. The van der Waals surface area contributed by atoms with Gasteiger partial charge in [-0.05, 0) is 35.8 Å². The van der Waals surface area contributed by atoms with Crippen LogP contribution in [0.5, 0.6) is 5.75 Å². The summed E-state index contributed by atoms with van der Waals surface area (Å²) in [5.74, 6) is 1.97. The first-order valence-corrected chi connectivity index (χ1v) is 7.96. The van der Waals surface area contributed by atoms with E-state index in [2.05, 4.69) is 5.48 Å². The van der Waals surface area contributed by atoms with Crippen molar-refractivity contribution in [2.75, 3.05) is 20.8 Å². The molecule has 0 aromatic heterocycles. The van der Waals surface area contributed by atoms with Gasteiger partial charge >= 0.3 is 0 Å². The Balaban J connectivity index is 1.99. The monoisotopic (exact) mass is 327 g/mol. The first kappa shape index (κ1) is 16.3. The normalized spacial score (nSPS) is 23.5. The number of hydrogen-bond donors (Lipinski definition) is 1. The molecule has 5 heteroatoms. The smallest absolute Gasteiger partial charge is 0.193 e. The molecule has 1 aliphatic carbocycles. The Morgan fingerprint density at radius 1 is 1.17 bits per heavy atom. The van der Waals surface area contributed by atoms with Crippen LogP contribution in [0.3, 0.4) is 0 Å². The number of hydroxylamine groups is 1. The summed E-state index contributed by atoms with van der Waals surface area (Å²) in [6.07, 6.45) is 4.19. The van der Waals surface area contributed by atoms with Gasteiger partial charge in [-0.25, -0.2) is 0 Å². The van der Waals surface area contributed by atoms with Gasteiger partial charge in [-0.3, -0.25) is 4.79 Å². The van der Waals surface area contributed by atoms with Crippen LogP contribution in [0, 0.1) is 0 Å². The highest BCUT2D eigenvalue weighted by atomic mass is 16.7. The van der Waals surface area contributed by atoms with Crippen LogP contribution in [0.2, 0.25) is 0 Å². The van der Waals surface area contributed by atoms with Gasteiger partial charge in [0, 0.05) is 12.6 Å². The van der Waals surface area contributed by atoms with E-state index >= 15 is 0 Å². The number of hydrogen-bond acceptors (Lipinski definition) is 5. The number of rotatable bonds is 4. The van der Waals surface area contributed by atoms with Gasteiger partial charge in [0.15, 0.2) is 5.78 Å². The Morgan fingerprint density at radius 3 is 2.54 bits per heavy atom. The fraction of sp³-hybridized carbons (Fsp3) is 0.316. The van der Waals surface area contributed by atoms with Crippen LogP contribution in [0.4, 0.5) is 0 Å². The number of nitrogens with one attached hydrogen (secondary N) is 1. The van der Waals surface area contributed by atoms with Crippen molar-refractivity contribution in [3.63, 3.8) is 0 Å². The van der Waals surface area contributed by atoms with Crippen molar-refractivity contribution < 1.29 is 19.1 Å². The molecule has 2 aliphatic rings. The lowest BCUT2D eigenvalue weighted by atomic mass is 9.90. The minimum Gasteiger partial charge on any atom is -0.497 e. The van der Waals surface area contributed by atoms with E-state index in [-0.39, 0.29) is 11.7 Å². The predicted molar refractivity (Wildman–Crippen MR) is 90.3 cm³/mol. The topological polar surface area (TPSA) is 56.8 Å². The van der Waals surface area contributed by atoms with E-state index in [0.717, 1.165) is 23.3 Å². The molecule has 0 saturated carbocycles. The molecule has 0 amide bonds. The molecule has 1 saturated heterocycles. The first-order chi connectivity index (χ1) is 11.7. The third-order valence-electron chi connectivity index (χ3n) is 4.33. The van der Waals surface area contributed by atoms with Gasteiger partial charge in [-0.2, -0.15) is 5.48 Å². The van der Waals surface area contributed by atoms with E-state index in [1.54, 1.807) is 14.2 Å². The number of methoxy groups -OCH3 is 2. The highest BCUT2D eigenvalue weighted by Crippen LogP contribution is 2.35. The van der Waals surface area contributed by atoms with Crippen molar-refractivity contribution in [2.45, 2.75) is 19.3 Å². The largest absolute Gasteiger partial charge is 0.497 e. The van der Waals surface area contributed by atoms with Gasteiger partial charge in [0.1, 0.15) is 17.3 Å². The summed E-state index contributed by atoms with van der Waals surface area (Å²) in [7, 11) is 3.22. The molecule has 5 nitrogen and oxygen atoms in total. The van der Waals surface area contributed by atoms with Crippen LogP contribution in [-0.2, 0) is 14.4 Å². The predicted octanol–water partition coefficient (Wildman–Crippen LogP) is 3.02. The summed E-state index contributed by atoms with van der Waals surface area (Å²) in [5.41, 5.74) is 5.55. The van der Waals surface area contributed by atoms with Crippen molar-refractivity contribution in [3.05, 3.63) is 64.6 Å². The maximum Gasteiger partial charge on any atom is 0.193 e.